The SMILES string of the molecule is CNc1nc(NC[C@H]2CCCO2)cc(-c2cccnc2)n1. The van der Waals surface area contributed by atoms with Crippen molar-refractivity contribution in [3.05, 3.63) is 30.6 Å². The van der Waals surface area contributed by atoms with Crippen LogP contribution in [0, 0.1) is 0 Å². The monoisotopic (exact) mass is 285 g/mol. The van der Waals surface area contributed by atoms with Gasteiger partial charge in [0.25, 0.3) is 0 Å². The summed E-state index contributed by atoms with van der Waals surface area (Å²) in [6.45, 7) is 1.63. The molecule has 2 aromatic heterocycles. The second-order valence-corrected chi connectivity index (χ2v) is 4.97. The fourth-order valence-electron chi connectivity index (χ4n) is 2.34. The van der Waals surface area contributed by atoms with E-state index < -0.39 is 0 Å². The fraction of sp³-hybridized carbons (Fsp3) is 0.400. The zero-order valence-corrected chi connectivity index (χ0v) is 12.0. The van der Waals surface area contributed by atoms with Crippen LogP contribution in [0.3, 0.4) is 0 Å². The first-order valence-electron chi connectivity index (χ1n) is 7.18. The van der Waals surface area contributed by atoms with Gasteiger partial charge in [0.2, 0.25) is 5.95 Å². The molecule has 0 amide bonds. The van der Waals surface area contributed by atoms with Gasteiger partial charge in [-0.25, -0.2) is 4.98 Å². The molecule has 0 bridgehead atoms. The molecule has 0 radical (unpaired) electrons. The first-order valence-corrected chi connectivity index (χ1v) is 7.18. The molecule has 0 saturated carbocycles. The Morgan fingerprint density at radius 3 is 3.05 bits per heavy atom. The van der Waals surface area contributed by atoms with Crippen molar-refractivity contribution < 1.29 is 4.74 Å². The average molecular weight is 285 g/mol. The van der Waals surface area contributed by atoms with Crippen LogP contribution in [0.1, 0.15) is 12.8 Å². The Kier molecular flexibility index (Phi) is 4.25. The Hall–Kier alpha value is -2.21. The van der Waals surface area contributed by atoms with Gasteiger partial charge in [-0.2, -0.15) is 4.98 Å². The van der Waals surface area contributed by atoms with Crippen molar-refractivity contribution in [1.82, 2.24) is 15.0 Å². The number of pyridine rings is 1. The summed E-state index contributed by atoms with van der Waals surface area (Å²) in [5.41, 5.74) is 1.81. The minimum atomic E-state index is 0.278. The summed E-state index contributed by atoms with van der Waals surface area (Å²) in [4.78, 5) is 13.0. The topological polar surface area (TPSA) is 72.0 Å². The van der Waals surface area contributed by atoms with E-state index in [0.717, 1.165) is 43.1 Å². The molecule has 3 heterocycles. The van der Waals surface area contributed by atoms with E-state index in [9.17, 15) is 0 Å². The number of anilines is 2. The normalized spacial score (nSPS) is 17.7. The van der Waals surface area contributed by atoms with E-state index in [0.29, 0.717) is 5.95 Å². The summed E-state index contributed by atoms with van der Waals surface area (Å²) >= 11 is 0. The zero-order valence-electron chi connectivity index (χ0n) is 12.0. The van der Waals surface area contributed by atoms with Crippen molar-refractivity contribution in [2.75, 3.05) is 30.8 Å². The van der Waals surface area contributed by atoms with Crippen molar-refractivity contribution in [3.63, 3.8) is 0 Å². The molecule has 1 aliphatic rings. The van der Waals surface area contributed by atoms with Gasteiger partial charge in [-0.3, -0.25) is 4.98 Å². The summed E-state index contributed by atoms with van der Waals surface area (Å²) in [7, 11) is 1.81. The number of nitrogens with one attached hydrogen (secondary N) is 2. The lowest BCUT2D eigenvalue weighted by molar-refractivity contribution is 0.120. The van der Waals surface area contributed by atoms with Crippen LogP contribution in [0.25, 0.3) is 11.3 Å². The molecule has 6 heteroatoms. The first kappa shape index (κ1) is 13.8. The van der Waals surface area contributed by atoms with E-state index in [1.165, 1.54) is 0 Å². The molecule has 0 aliphatic carbocycles. The maximum Gasteiger partial charge on any atom is 0.224 e. The predicted octanol–water partition coefficient (Wildman–Crippen LogP) is 2.17. The highest BCUT2D eigenvalue weighted by Crippen LogP contribution is 2.21. The van der Waals surface area contributed by atoms with Crippen LogP contribution in [-0.4, -0.2) is 41.3 Å². The summed E-state index contributed by atoms with van der Waals surface area (Å²) in [5, 5.41) is 6.33. The maximum absolute atomic E-state index is 5.61. The van der Waals surface area contributed by atoms with Gasteiger partial charge in [-0.1, -0.05) is 0 Å². The first-order chi connectivity index (χ1) is 10.3. The molecule has 1 atom stereocenters. The molecule has 3 rings (SSSR count). The Morgan fingerprint density at radius 1 is 1.38 bits per heavy atom. The number of hydrogen-bond acceptors (Lipinski definition) is 6. The lowest BCUT2D eigenvalue weighted by Gasteiger charge is -2.13. The number of hydrogen-bond donors (Lipinski definition) is 2. The Bertz CT molecular complexity index is 584. The number of rotatable bonds is 5. The number of nitrogens with zero attached hydrogens (tertiary/aromatic N) is 3. The summed E-state index contributed by atoms with van der Waals surface area (Å²) in [5.74, 6) is 1.38. The standard InChI is InChI=1S/C15H19N5O/c1-16-15-19-13(11-4-2-6-17-9-11)8-14(20-15)18-10-12-5-3-7-21-12/h2,4,6,8-9,12H,3,5,7,10H2,1H3,(H2,16,18,19,20)/t12-/m1/s1. The van der Waals surface area contributed by atoms with Gasteiger partial charge >= 0.3 is 0 Å². The molecule has 21 heavy (non-hydrogen) atoms. The van der Waals surface area contributed by atoms with Crippen LogP contribution in [0.4, 0.5) is 11.8 Å². The van der Waals surface area contributed by atoms with Crippen molar-refractivity contribution in [2.45, 2.75) is 18.9 Å². The highest BCUT2D eigenvalue weighted by atomic mass is 16.5. The van der Waals surface area contributed by atoms with Gasteiger partial charge in [0.1, 0.15) is 5.82 Å². The highest BCUT2D eigenvalue weighted by molar-refractivity contribution is 5.63. The number of ether oxygens (including phenoxy) is 1. The van der Waals surface area contributed by atoms with E-state index in [4.69, 9.17) is 4.74 Å². The minimum Gasteiger partial charge on any atom is -0.376 e. The van der Waals surface area contributed by atoms with Crippen LogP contribution in [-0.2, 0) is 4.74 Å². The Morgan fingerprint density at radius 2 is 2.33 bits per heavy atom. The molecule has 0 aromatic carbocycles. The van der Waals surface area contributed by atoms with Gasteiger partial charge in [0.15, 0.2) is 0 Å². The number of aromatic nitrogens is 3. The maximum atomic E-state index is 5.61. The summed E-state index contributed by atoms with van der Waals surface area (Å²) < 4.78 is 5.61. The largest absolute Gasteiger partial charge is 0.376 e. The molecular weight excluding hydrogens is 266 g/mol. The van der Waals surface area contributed by atoms with E-state index in [-0.39, 0.29) is 6.10 Å². The molecule has 110 valence electrons. The van der Waals surface area contributed by atoms with Crippen LogP contribution >= 0.6 is 0 Å². The van der Waals surface area contributed by atoms with E-state index >= 15 is 0 Å². The van der Waals surface area contributed by atoms with Crippen molar-refractivity contribution >= 4 is 11.8 Å². The quantitative estimate of drug-likeness (QED) is 0.877. The summed E-state index contributed by atoms with van der Waals surface area (Å²) in [6.07, 6.45) is 6.07. The van der Waals surface area contributed by atoms with E-state index in [2.05, 4.69) is 25.6 Å². The smallest absolute Gasteiger partial charge is 0.224 e. The summed E-state index contributed by atoms with van der Waals surface area (Å²) in [6, 6.07) is 5.82. The Balaban J connectivity index is 1.79. The molecule has 1 saturated heterocycles. The predicted molar refractivity (Wildman–Crippen MR) is 82.3 cm³/mol. The van der Waals surface area contributed by atoms with Gasteiger partial charge in [0, 0.05) is 44.2 Å². The highest BCUT2D eigenvalue weighted by Gasteiger charge is 2.15. The molecular formula is C15H19N5O. The fourth-order valence-corrected chi connectivity index (χ4v) is 2.34. The zero-order chi connectivity index (χ0) is 14.5. The minimum absolute atomic E-state index is 0.278. The molecule has 6 nitrogen and oxygen atoms in total. The van der Waals surface area contributed by atoms with Crippen LogP contribution < -0.4 is 10.6 Å². The van der Waals surface area contributed by atoms with Crippen molar-refractivity contribution in [1.29, 1.82) is 0 Å². The second-order valence-electron chi connectivity index (χ2n) is 4.97. The lowest BCUT2D eigenvalue weighted by atomic mass is 10.2. The lowest BCUT2D eigenvalue weighted by Crippen LogP contribution is -2.19. The molecule has 0 spiro atoms. The van der Waals surface area contributed by atoms with Crippen molar-refractivity contribution in [3.8, 4) is 11.3 Å². The molecule has 2 N–H and O–H groups in total. The molecule has 1 aliphatic heterocycles. The third kappa shape index (κ3) is 3.46. The Labute approximate surface area is 124 Å². The van der Waals surface area contributed by atoms with Gasteiger partial charge in [0.05, 0.1) is 11.8 Å². The molecule has 1 fully saturated rings. The van der Waals surface area contributed by atoms with Gasteiger partial charge in [-0.05, 0) is 25.0 Å². The van der Waals surface area contributed by atoms with Crippen LogP contribution in [0.15, 0.2) is 30.6 Å². The van der Waals surface area contributed by atoms with Gasteiger partial charge in [-0.15, -0.1) is 0 Å². The third-order valence-corrected chi connectivity index (χ3v) is 3.44. The van der Waals surface area contributed by atoms with Crippen LogP contribution in [0.2, 0.25) is 0 Å². The van der Waals surface area contributed by atoms with E-state index in [1.807, 2.05) is 25.2 Å². The average Bonchev–Trinajstić information content (AvgIpc) is 3.07. The third-order valence-electron chi connectivity index (χ3n) is 3.44. The molecule has 0 unspecified atom stereocenters. The van der Waals surface area contributed by atoms with Crippen LogP contribution in [0.5, 0.6) is 0 Å². The second kappa shape index (κ2) is 6.49. The van der Waals surface area contributed by atoms with E-state index in [1.54, 1.807) is 12.4 Å². The van der Waals surface area contributed by atoms with Gasteiger partial charge < -0.3 is 15.4 Å². The van der Waals surface area contributed by atoms with Crippen molar-refractivity contribution in [2.24, 2.45) is 0 Å². The molecule has 2 aromatic rings.